The Bertz CT molecular complexity index is 610. The summed E-state index contributed by atoms with van der Waals surface area (Å²) in [7, 11) is 1.77. The first kappa shape index (κ1) is 15.0. The van der Waals surface area contributed by atoms with Gasteiger partial charge in [-0.05, 0) is 31.5 Å². The van der Waals surface area contributed by atoms with Gasteiger partial charge in [-0.1, -0.05) is 29.8 Å². The number of aromatic nitrogens is 2. The number of rotatable bonds is 5. The highest BCUT2D eigenvalue weighted by Crippen LogP contribution is 2.09. The van der Waals surface area contributed by atoms with E-state index < -0.39 is 0 Å². The molecule has 0 saturated heterocycles. The zero-order valence-corrected chi connectivity index (χ0v) is 12.6. The maximum Gasteiger partial charge on any atom is 0.274 e. The SMILES string of the molecule is CCNc1ccc(C(=O)N(C)Cc2cccc(C)c2)nn1. The molecule has 0 bridgehead atoms. The van der Waals surface area contributed by atoms with E-state index in [1.807, 2.05) is 32.0 Å². The maximum absolute atomic E-state index is 12.3. The van der Waals surface area contributed by atoms with Gasteiger partial charge in [0.2, 0.25) is 0 Å². The van der Waals surface area contributed by atoms with Crippen LogP contribution in [0, 0.1) is 6.92 Å². The van der Waals surface area contributed by atoms with Gasteiger partial charge in [-0.15, -0.1) is 10.2 Å². The molecule has 0 radical (unpaired) electrons. The molecule has 1 heterocycles. The normalized spacial score (nSPS) is 10.2. The highest BCUT2D eigenvalue weighted by Gasteiger charge is 2.14. The lowest BCUT2D eigenvalue weighted by molar-refractivity contribution is 0.0778. The topological polar surface area (TPSA) is 58.1 Å². The van der Waals surface area contributed by atoms with Crippen LogP contribution in [-0.2, 0) is 6.54 Å². The number of carbonyl (C=O) groups is 1. The number of hydrogen-bond donors (Lipinski definition) is 1. The average Bonchev–Trinajstić information content (AvgIpc) is 2.47. The predicted octanol–water partition coefficient (Wildman–Crippen LogP) is 2.49. The first-order valence-corrected chi connectivity index (χ1v) is 6.98. The van der Waals surface area contributed by atoms with E-state index in [1.54, 1.807) is 24.1 Å². The quantitative estimate of drug-likeness (QED) is 0.916. The van der Waals surface area contributed by atoms with Gasteiger partial charge in [-0.2, -0.15) is 0 Å². The fourth-order valence-electron chi connectivity index (χ4n) is 2.07. The second-order valence-electron chi connectivity index (χ2n) is 4.98. The van der Waals surface area contributed by atoms with E-state index in [4.69, 9.17) is 0 Å². The summed E-state index contributed by atoms with van der Waals surface area (Å²) in [5.74, 6) is 0.544. The van der Waals surface area contributed by atoms with Crippen LogP contribution in [0.3, 0.4) is 0 Å². The van der Waals surface area contributed by atoms with Gasteiger partial charge in [0.05, 0.1) is 0 Å². The lowest BCUT2D eigenvalue weighted by Gasteiger charge is -2.17. The lowest BCUT2D eigenvalue weighted by Crippen LogP contribution is -2.27. The molecule has 0 saturated carbocycles. The Kier molecular flexibility index (Phi) is 4.87. The summed E-state index contributed by atoms with van der Waals surface area (Å²) in [5, 5.41) is 11.0. The molecule has 1 aromatic heterocycles. The van der Waals surface area contributed by atoms with Crippen LogP contribution in [0.1, 0.15) is 28.5 Å². The van der Waals surface area contributed by atoms with Gasteiger partial charge in [0.15, 0.2) is 5.69 Å². The molecule has 0 unspecified atom stereocenters. The Morgan fingerprint density at radius 3 is 2.67 bits per heavy atom. The Balaban J connectivity index is 2.04. The summed E-state index contributed by atoms with van der Waals surface area (Å²) < 4.78 is 0. The monoisotopic (exact) mass is 284 g/mol. The summed E-state index contributed by atoms with van der Waals surface area (Å²) in [5.41, 5.74) is 2.64. The zero-order chi connectivity index (χ0) is 15.2. The molecule has 0 spiro atoms. The first-order chi connectivity index (χ1) is 10.1. The number of aryl methyl sites for hydroxylation is 1. The molecular weight excluding hydrogens is 264 g/mol. The fraction of sp³-hybridized carbons (Fsp3) is 0.312. The molecule has 1 aromatic carbocycles. The molecule has 0 aliphatic rings. The second kappa shape index (κ2) is 6.83. The van der Waals surface area contributed by atoms with Crippen molar-refractivity contribution in [2.45, 2.75) is 20.4 Å². The molecule has 2 rings (SSSR count). The van der Waals surface area contributed by atoms with Crippen molar-refractivity contribution in [1.29, 1.82) is 0 Å². The van der Waals surface area contributed by atoms with Crippen LogP contribution in [0.5, 0.6) is 0 Å². The highest BCUT2D eigenvalue weighted by molar-refractivity contribution is 5.92. The largest absolute Gasteiger partial charge is 0.369 e. The van der Waals surface area contributed by atoms with E-state index in [2.05, 4.69) is 21.6 Å². The summed E-state index contributed by atoms with van der Waals surface area (Å²) in [4.78, 5) is 14.0. The summed E-state index contributed by atoms with van der Waals surface area (Å²) in [6, 6.07) is 11.6. The lowest BCUT2D eigenvalue weighted by atomic mass is 10.1. The van der Waals surface area contributed by atoms with Crippen LogP contribution >= 0.6 is 0 Å². The molecule has 0 atom stereocenters. The molecule has 1 N–H and O–H groups in total. The molecule has 0 aliphatic heterocycles. The number of nitrogens with zero attached hydrogens (tertiary/aromatic N) is 3. The highest BCUT2D eigenvalue weighted by atomic mass is 16.2. The number of hydrogen-bond acceptors (Lipinski definition) is 4. The van der Waals surface area contributed by atoms with Gasteiger partial charge >= 0.3 is 0 Å². The van der Waals surface area contributed by atoms with Crippen molar-refractivity contribution in [3.63, 3.8) is 0 Å². The van der Waals surface area contributed by atoms with Crippen LogP contribution in [0.2, 0.25) is 0 Å². The van der Waals surface area contributed by atoms with Crippen LogP contribution in [0.4, 0.5) is 5.82 Å². The number of nitrogens with one attached hydrogen (secondary N) is 1. The molecule has 1 amide bonds. The summed E-state index contributed by atoms with van der Waals surface area (Å²) in [6.45, 7) is 5.35. The van der Waals surface area contributed by atoms with Gasteiger partial charge < -0.3 is 10.2 Å². The number of anilines is 1. The molecule has 0 aliphatic carbocycles. The van der Waals surface area contributed by atoms with Gasteiger partial charge in [-0.25, -0.2) is 0 Å². The van der Waals surface area contributed by atoms with Crippen molar-refractivity contribution in [1.82, 2.24) is 15.1 Å². The molecular formula is C16H20N4O. The second-order valence-corrected chi connectivity index (χ2v) is 4.98. The van der Waals surface area contributed by atoms with Crippen molar-refractivity contribution in [2.75, 3.05) is 18.9 Å². The third kappa shape index (κ3) is 4.02. The average molecular weight is 284 g/mol. The summed E-state index contributed by atoms with van der Waals surface area (Å²) in [6.07, 6.45) is 0. The van der Waals surface area contributed by atoms with Gasteiger partial charge in [0.1, 0.15) is 5.82 Å². The van der Waals surface area contributed by atoms with Crippen molar-refractivity contribution in [3.8, 4) is 0 Å². The minimum absolute atomic E-state index is 0.132. The minimum Gasteiger partial charge on any atom is -0.369 e. The van der Waals surface area contributed by atoms with Crippen molar-refractivity contribution in [3.05, 3.63) is 53.2 Å². The minimum atomic E-state index is -0.132. The standard InChI is InChI=1S/C16H20N4O/c1-4-17-15-9-8-14(18-19-15)16(21)20(3)11-13-7-5-6-12(2)10-13/h5-10H,4,11H2,1-3H3,(H,17,19). The first-order valence-electron chi connectivity index (χ1n) is 6.98. The molecule has 5 heteroatoms. The smallest absolute Gasteiger partial charge is 0.274 e. The number of amides is 1. The Labute approximate surface area is 125 Å². The number of carbonyl (C=O) groups excluding carboxylic acids is 1. The van der Waals surface area contributed by atoms with E-state index in [9.17, 15) is 4.79 Å². The predicted molar refractivity (Wildman–Crippen MR) is 83.2 cm³/mol. The van der Waals surface area contributed by atoms with Crippen LogP contribution in [0.25, 0.3) is 0 Å². The van der Waals surface area contributed by atoms with E-state index >= 15 is 0 Å². The maximum atomic E-state index is 12.3. The Morgan fingerprint density at radius 1 is 1.24 bits per heavy atom. The van der Waals surface area contributed by atoms with E-state index in [-0.39, 0.29) is 5.91 Å². The molecule has 0 fully saturated rings. The van der Waals surface area contributed by atoms with Gasteiger partial charge in [0.25, 0.3) is 5.91 Å². The van der Waals surface area contributed by atoms with Gasteiger partial charge in [-0.3, -0.25) is 4.79 Å². The van der Waals surface area contributed by atoms with Crippen molar-refractivity contribution < 1.29 is 4.79 Å². The van der Waals surface area contributed by atoms with E-state index in [0.717, 1.165) is 12.1 Å². The molecule has 110 valence electrons. The van der Waals surface area contributed by atoms with Crippen molar-refractivity contribution in [2.24, 2.45) is 0 Å². The Morgan fingerprint density at radius 2 is 2.05 bits per heavy atom. The number of benzene rings is 1. The van der Waals surface area contributed by atoms with Gasteiger partial charge in [0, 0.05) is 20.1 Å². The van der Waals surface area contributed by atoms with E-state index in [0.29, 0.717) is 18.1 Å². The van der Waals surface area contributed by atoms with Crippen LogP contribution in [0.15, 0.2) is 36.4 Å². The van der Waals surface area contributed by atoms with Crippen LogP contribution < -0.4 is 5.32 Å². The van der Waals surface area contributed by atoms with E-state index in [1.165, 1.54) is 5.56 Å². The summed E-state index contributed by atoms with van der Waals surface area (Å²) >= 11 is 0. The molecule has 2 aromatic rings. The zero-order valence-electron chi connectivity index (χ0n) is 12.6. The van der Waals surface area contributed by atoms with Crippen molar-refractivity contribution >= 4 is 11.7 Å². The third-order valence-corrected chi connectivity index (χ3v) is 3.09. The van der Waals surface area contributed by atoms with Crippen LogP contribution in [-0.4, -0.2) is 34.6 Å². The molecule has 5 nitrogen and oxygen atoms in total. The third-order valence-electron chi connectivity index (χ3n) is 3.09. The fourth-order valence-corrected chi connectivity index (χ4v) is 2.07. The Hall–Kier alpha value is -2.43. The molecule has 21 heavy (non-hydrogen) atoms.